The Bertz CT molecular complexity index is 627. The number of halogens is 1. The van der Waals surface area contributed by atoms with Crippen molar-refractivity contribution in [3.05, 3.63) is 52.5 Å². The van der Waals surface area contributed by atoms with Crippen LogP contribution in [0.15, 0.2) is 46.9 Å². The normalized spacial score (nSPS) is 10.2. The van der Waals surface area contributed by atoms with Crippen molar-refractivity contribution >= 4 is 33.2 Å². The molecule has 0 bridgehead atoms. The maximum absolute atomic E-state index is 11.8. The van der Waals surface area contributed by atoms with Gasteiger partial charge in [0, 0.05) is 11.4 Å². The summed E-state index contributed by atoms with van der Waals surface area (Å²) in [5.74, 6) is 0.642. The Balaban J connectivity index is 1.80. The largest absolute Gasteiger partial charge is 0.492 e. The van der Waals surface area contributed by atoms with E-state index in [0.29, 0.717) is 12.3 Å². The van der Waals surface area contributed by atoms with Crippen LogP contribution < -0.4 is 15.8 Å². The molecule has 2 aromatic carbocycles. The van der Waals surface area contributed by atoms with Crippen LogP contribution in [-0.2, 0) is 4.79 Å². The highest BCUT2D eigenvalue weighted by Gasteiger charge is 2.05. The van der Waals surface area contributed by atoms with Gasteiger partial charge in [0.1, 0.15) is 5.75 Å². The topological polar surface area (TPSA) is 64.3 Å². The average Bonchev–Trinajstić information content (AvgIpc) is 2.44. The van der Waals surface area contributed by atoms with Gasteiger partial charge in [-0.1, -0.05) is 6.07 Å². The molecule has 110 valence electrons. The predicted octanol–water partition coefficient (Wildman–Crippen LogP) is 3.75. The number of amides is 1. The molecule has 0 spiro atoms. The minimum atomic E-state index is -0.0944. The van der Waals surface area contributed by atoms with Gasteiger partial charge < -0.3 is 15.8 Å². The lowest BCUT2D eigenvalue weighted by atomic mass is 10.2. The summed E-state index contributed by atoms with van der Waals surface area (Å²) in [7, 11) is 0. The zero-order chi connectivity index (χ0) is 15.2. The number of anilines is 2. The van der Waals surface area contributed by atoms with Gasteiger partial charge in [0.15, 0.2) is 0 Å². The van der Waals surface area contributed by atoms with Gasteiger partial charge in [-0.2, -0.15) is 0 Å². The number of ether oxygens (including phenoxy) is 1. The number of hydrogen-bond acceptors (Lipinski definition) is 3. The van der Waals surface area contributed by atoms with E-state index in [2.05, 4.69) is 21.2 Å². The van der Waals surface area contributed by atoms with Crippen LogP contribution in [0.4, 0.5) is 11.4 Å². The Morgan fingerprint density at radius 3 is 2.62 bits per heavy atom. The molecular weight excluding hydrogens is 332 g/mol. The molecule has 21 heavy (non-hydrogen) atoms. The highest BCUT2D eigenvalue weighted by Crippen LogP contribution is 2.25. The molecule has 0 radical (unpaired) electrons. The van der Waals surface area contributed by atoms with Gasteiger partial charge in [0.05, 0.1) is 17.5 Å². The van der Waals surface area contributed by atoms with E-state index in [4.69, 9.17) is 10.5 Å². The van der Waals surface area contributed by atoms with Crippen LogP contribution in [0.25, 0.3) is 0 Å². The van der Waals surface area contributed by atoms with Crippen molar-refractivity contribution in [2.45, 2.75) is 13.3 Å². The molecule has 0 aromatic heterocycles. The Kier molecular flexibility index (Phi) is 5.22. The number of benzene rings is 2. The van der Waals surface area contributed by atoms with Gasteiger partial charge >= 0.3 is 0 Å². The summed E-state index contributed by atoms with van der Waals surface area (Å²) in [6.45, 7) is 2.33. The highest BCUT2D eigenvalue weighted by atomic mass is 79.9. The van der Waals surface area contributed by atoms with Gasteiger partial charge in [0.25, 0.3) is 0 Å². The molecule has 2 aromatic rings. The Morgan fingerprint density at radius 2 is 1.95 bits per heavy atom. The molecule has 4 nitrogen and oxygen atoms in total. The lowest BCUT2D eigenvalue weighted by Crippen LogP contribution is -2.15. The molecule has 0 aliphatic carbocycles. The van der Waals surface area contributed by atoms with Gasteiger partial charge in [-0.25, -0.2) is 0 Å². The minimum absolute atomic E-state index is 0.0944. The maximum Gasteiger partial charge on any atom is 0.227 e. The highest BCUT2D eigenvalue weighted by molar-refractivity contribution is 9.10. The fourth-order valence-electron chi connectivity index (χ4n) is 1.77. The van der Waals surface area contributed by atoms with Crippen molar-refractivity contribution in [3.63, 3.8) is 0 Å². The van der Waals surface area contributed by atoms with Crippen LogP contribution in [0.5, 0.6) is 5.75 Å². The second-order valence-corrected chi connectivity index (χ2v) is 5.56. The number of aryl methyl sites for hydroxylation is 1. The third kappa shape index (κ3) is 4.79. The molecule has 5 heteroatoms. The average molecular weight is 349 g/mol. The van der Waals surface area contributed by atoms with Crippen LogP contribution in [0.3, 0.4) is 0 Å². The monoisotopic (exact) mass is 348 g/mol. The predicted molar refractivity (Wildman–Crippen MR) is 88.5 cm³/mol. The van der Waals surface area contributed by atoms with E-state index in [0.717, 1.165) is 21.5 Å². The van der Waals surface area contributed by atoms with Crippen LogP contribution >= 0.6 is 15.9 Å². The lowest BCUT2D eigenvalue weighted by molar-refractivity contribution is -0.116. The van der Waals surface area contributed by atoms with Crippen molar-refractivity contribution in [1.82, 2.24) is 0 Å². The number of carbonyl (C=O) groups is 1. The lowest BCUT2D eigenvalue weighted by Gasteiger charge is -2.09. The standard InChI is InChI=1S/C16H17BrN2O2/c1-11-2-7-15(14(17)10-11)21-9-8-16(20)19-13-5-3-12(18)4-6-13/h2-7,10H,8-9,18H2,1H3,(H,19,20). The number of nitrogens with one attached hydrogen (secondary N) is 1. The summed E-state index contributed by atoms with van der Waals surface area (Å²) >= 11 is 3.44. The number of carbonyl (C=O) groups excluding carboxylic acids is 1. The molecule has 0 atom stereocenters. The van der Waals surface area contributed by atoms with Crippen molar-refractivity contribution in [2.24, 2.45) is 0 Å². The number of hydrogen-bond donors (Lipinski definition) is 2. The van der Waals surface area contributed by atoms with Crippen LogP contribution in [0.1, 0.15) is 12.0 Å². The van der Waals surface area contributed by atoms with Crippen molar-refractivity contribution in [3.8, 4) is 5.75 Å². The summed E-state index contributed by atoms with van der Waals surface area (Å²) in [5.41, 5.74) is 8.13. The summed E-state index contributed by atoms with van der Waals surface area (Å²) in [4.78, 5) is 11.8. The van der Waals surface area contributed by atoms with Crippen molar-refractivity contribution in [2.75, 3.05) is 17.7 Å². The van der Waals surface area contributed by atoms with Crippen molar-refractivity contribution < 1.29 is 9.53 Å². The Labute approximate surface area is 132 Å². The van der Waals surface area contributed by atoms with Gasteiger partial charge in [-0.05, 0) is 64.8 Å². The smallest absolute Gasteiger partial charge is 0.227 e. The Hall–Kier alpha value is -2.01. The second kappa shape index (κ2) is 7.13. The minimum Gasteiger partial charge on any atom is -0.492 e. The molecule has 3 N–H and O–H groups in total. The summed E-state index contributed by atoms with van der Waals surface area (Å²) in [6, 6.07) is 12.9. The first kappa shape index (κ1) is 15.4. The molecule has 1 amide bonds. The SMILES string of the molecule is Cc1ccc(OCCC(=O)Nc2ccc(N)cc2)c(Br)c1. The van der Waals surface area contributed by atoms with Crippen LogP contribution in [-0.4, -0.2) is 12.5 Å². The third-order valence-corrected chi connectivity index (χ3v) is 3.49. The molecule has 2 rings (SSSR count). The second-order valence-electron chi connectivity index (χ2n) is 4.70. The van der Waals surface area contributed by atoms with E-state index < -0.39 is 0 Å². The van der Waals surface area contributed by atoms with Gasteiger partial charge in [-0.15, -0.1) is 0 Å². The van der Waals surface area contributed by atoms with E-state index >= 15 is 0 Å². The van der Waals surface area contributed by atoms with E-state index in [9.17, 15) is 4.79 Å². The number of nitrogen functional groups attached to an aromatic ring is 1. The zero-order valence-electron chi connectivity index (χ0n) is 11.7. The van der Waals surface area contributed by atoms with Crippen molar-refractivity contribution in [1.29, 1.82) is 0 Å². The first-order valence-corrected chi connectivity index (χ1v) is 7.38. The quantitative estimate of drug-likeness (QED) is 0.808. The molecule has 0 aliphatic rings. The molecule has 0 saturated heterocycles. The zero-order valence-corrected chi connectivity index (χ0v) is 13.3. The van der Waals surface area contributed by atoms with Crippen LogP contribution in [0, 0.1) is 6.92 Å². The fraction of sp³-hybridized carbons (Fsp3) is 0.188. The molecule has 0 saturated carbocycles. The van der Waals surface area contributed by atoms with E-state index in [1.54, 1.807) is 24.3 Å². The maximum atomic E-state index is 11.8. The summed E-state index contributed by atoms with van der Waals surface area (Å²) in [6.07, 6.45) is 0.282. The van der Waals surface area contributed by atoms with E-state index in [1.807, 2.05) is 25.1 Å². The van der Waals surface area contributed by atoms with Crippen LogP contribution in [0.2, 0.25) is 0 Å². The van der Waals surface area contributed by atoms with Gasteiger partial charge in [0.2, 0.25) is 5.91 Å². The molecule has 0 fully saturated rings. The number of nitrogens with two attached hydrogens (primary N) is 1. The van der Waals surface area contributed by atoms with E-state index in [-0.39, 0.29) is 12.3 Å². The Morgan fingerprint density at radius 1 is 1.24 bits per heavy atom. The third-order valence-electron chi connectivity index (χ3n) is 2.87. The molecule has 0 heterocycles. The molecular formula is C16H17BrN2O2. The van der Waals surface area contributed by atoms with Gasteiger partial charge in [-0.3, -0.25) is 4.79 Å². The number of rotatable bonds is 5. The molecule has 0 aliphatic heterocycles. The first-order valence-electron chi connectivity index (χ1n) is 6.59. The summed E-state index contributed by atoms with van der Waals surface area (Å²) < 4.78 is 6.48. The van der Waals surface area contributed by atoms with E-state index in [1.165, 1.54) is 0 Å². The fourth-order valence-corrected chi connectivity index (χ4v) is 2.37. The summed E-state index contributed by atoms with van der Waals surface area (Å²) in [5, 5.41) is 2.79. The first-order chi connectivity index (χ1) is 10.0. The molecule has 0 unspecified atom stereocenters.